The molecule has 1 N–H and O–H groups in total. The molecule has 1 heterocycles. The molecule has 0 amide bonds. The third-order valence-corrected chi connectivity index (χ3v) is 6.65. The molecule has 6 nitrogen and oxygen atoms in total. The quantitative estimate of drug-likeness (QED) is 0.172. The van der Waals surface area contributed by atoms with Crippen LogP contribution in [0.1, 0.15) is 35.4 Å². The minimum Gasteiger partial charge on any atom is -0.497 e. The second kappa shape index (κ2) is 13.4. The lowest BCUT2D eigenvalue weighted by atomic mass is 10.1. The molecule has 0 aliphatic rings. The number of rotatable bonds is 12. The summed E-state index contributed by atoms with van der Waals surface area (Å²) in [6.45, 7) is 0.491. The maximum Gasteiger partial charge on any atom is 0.328 e. The molecular formula is C27H25ClN2O4S. The highest BCUT2D eigenvalue weighted by Gasteiger charge is 2.11. The van der Waals surface area contributed by atoms with Gasteiger partial charge >= 0.3 is 5.97 Å². The topological polar surface area (TPSA) is 92.4 Å². The van der Waals surface area contributed by atoms with Crippen molar-refractivity contribution in [3.63, 3.8) is 0 Å². The Morgan fingerprint density at radius 2 is 1.97 bits per heavy atom. The number of benzene rings is 2. The van der Waals surface area contributed by atoms with Crippen LogP contribution in [0.5, 0.6) is 11.5 Å². The van der Waals surface area contributed by atoms with Gasteiger partial charge in [-0.2, -0.15) is 5.26 Å². The molecule has 0 spiro atoms. The van der Waals surface area contributed by atoms with E-state index in [1.54, 1.807) is 31.4 Å². The molecule has 8 heteroatoms. The Morgan fingerprint density at radius 1 is 1.17 bits per heavy atom. The van der Waals surface area contributed by atoms with E-state index in [0.29, 0.717) is 39.3 Å². The van der Waals surface area contributed by atoms with Crippen molar-refractivity contribution in [1.29, 1.82) is 5.26 Å². The van der Waals surface area contributed by atoms with Crippen molar-refractivity contribution < 1.29 is 19.4 Å². The normalized spacial score (nSPS) is 10.8. The van der Waals surface area contributed by atoms with Gasteiger partial charge in [0.25, 0.3) is 0 Å². The number of pyridine rings is 1. The number of halogens is 1. The zero-order valence-electron chi connectivity index (χ0n) is 19.2. The molecule has 2 aromatic carbocycles. The first-order valence-electron chi connectivity index (χ1n) is 11.0. The molecule has 0 unspecified atom stereocenters. The summed E-state index contributed by atoms with van der Waals surface area (Å²) in [4.78, 5) is 16.3. The number of aromatic nitrogens is 1. The molecule has 35 heavy (non-hydrogen) atoms. The summed E-state index contributed by atoms with van der Waals surface area (Å²) in [6, 6.07) is 19.0. The number of aryl methyl sites for hydroxylation is 1. The van der Waals surface area contributed by atoms with Crippen LogP contribution >= 0.6 is 23.4 Å². The Morgan fingerprint density at radius 3 is 2.69 bits per heavy atom. The summed E-state index contributed by atoms with van der Waals surface area (Å²) >= 11 is 7.67. The lowest BCUT2D eigenvalue weighted by Gasteiger charge is -2.11. The van der Waals surface area contributed by atoms with Crippen LogP contribution in [-0.2, 0) is 17.0 Å². The average Bonchev–Trinajstić information content (AvgIpc) is 2.87. The fourth-order valence-corrected chi connectivity index (χ4v) is 4.54. The maximum atomic E-state index is 11.0. The second-order valence-electron chi connectivity index (χ2n) is 7.53. The number of nitrogens with zero attached hydrogens (tertiary/aromatic N) is 2. The van der Waals surface area contributed by atoms with Crippen LogP contribution < -0.4 is 9.47 Å². The van der Waals surface area contributed by atoms with Crippen molar-refractivity contribution in [1.82, 2.24) is 4.98 Å². The summed E-state index contributed by atoms with van der Waals surface area (Å²) < 4.78 is 11.1. The SMILES string of the molecule is COc1ccc(CCCCOc2ccc(CSc3c(Cl)cccc3C#N)nc2C=CC(=O)O)cc1. The molecule has 0 radical (unpaired) electrons. The first-order chi connectivity index (χ1) is 17.0. The average molecular weight is 509 g/mol. The summed E-state index contributed by atoms with van der Waals surface area (Å²) in [7, 11) is 1.65. The van der Waals surface area contributed by atoms with Gasteiger partial charge in [-0.25, -0.2) is 9.78 Å². The molecular weight excluding hydrogens is 484 g/mol. The number of ether oxygens (including phenoxy) is 2. The van der Waals surface area contributed by atoms with E-state index >= 15 is 0 Å². The number of carbonyl (C=O) groups is 1. The highest BCUT2D eigenvalue weighted by atomic mass is 35.5. The van der Waals surface area contributed by atoms with Gasteiger partial charge in [-0.3, -0.25) is 0 Å². The third kappa shape index (κ3) is 8.06. The van der Waals surface area contributed by atoms with E-state index in [1.165, 1.54) is 23.4 Å². The molecule has 1 aromatic heterocycles. The maximum absolute atomic E-state index is 11.0. The summed E-state index contributed by atoms with van der Waals surface area (Å²) in [5.74, 6) is 0.766. The van der Waals surface area contributed by atoms with E-state index in [9.17, 15) is 10.1 Å². The molecule has 3 aromatic rings. The van der Waals surface area contributed by atoms with Crippen molar-refractivity contribution in [2.45, 2.75) is 29.9 Å². The molecule has 0 saturated carbocycles. The minimum absolute atomic E-state index is 0.445. The molecule has 0 saturated heterocycles. The van der Waals surface area contributed by atoms with E-state index in [0.717, 1.165) is 36.8 Å². The van der Waals surface area contributed by atoms with Crippen molar-refractivity contribution >= 4 is 35.4 Å². The van der Waals surface area contributed by atoms with Crippen molar-refractivity contribution in [3.05, 3.63) is 88.2 Å². The number of unbranched alkanes of at least 4 members (excludes halogenated alkanes) is 1. The van der Waals surface area contributed by atoms with Crippen LogP contribution in [0.25, 0.3) is 6.08 Å². The fraction of sp³-hybridized carbons (Fsp3) is 0.222. The van der Waals surface area contributed by atoms with Gasteiger partial charge in [0.1, 0.15) is 23.3 Å². The minimum atomic E-state index is -1.06. The first-order valence-corrected chi connectivity index (χ1v) is 12.3. The van der Waals surface area contributed by atoms with Gasteiger partial charge in [-0.05, 0) is 67.3 Å². The number of carboxylic acids is 1. The largest absolute Gasteiger partial charge is 0.497 e. The number of hydrogen-bond acceptors (Lipinski definition) is 6. The van der Waals surface area contributed by atoms with Gasteiger partial charge in [0.15, 0.2) is 0 Å². The molecule has 3 rings (SSSR count). The summed E-state index contributed by atoms with van der Waals surface area (Å²) in [6.07, 6.45) is 5.19. The molecule has 0 bridgehead atoms. The van der Waals surface area contributed by atoms with E-state index in [-0.39, 0.29) is 0 Å². The third-order valence-electron chi connectivity index (χ3n) is 5.06. The Kier molecular flexibility index (Phi) is 10.0. The van der Waals surface area contributed by atoms with E-state index in [4.69, 9.17) is 26.2 Å². The highest BCUT2D eigenvalue weighted by molar-refractivity contribution is 7.98. The number of methoxy groups -OCH3 is 1. The van der Waals surface area contributed by atoms with E-state index in [1.807, 2.05) is 18.2 Å². The number of aliphatic carboxylic acids is 1. The van der Waals surface area contributed by atoms with Gasteiger partial charge in [-0.1, -0.05) is 29.8 Å². The smallest absolute Gasteiger partial charge is 0.328 e. The molecule has 0 aliphatic heterocycles. The van der Waals surface area contributed by atoms with Crippen molar-refractivity contribution in [2.75, 3.05) is 13.7 Å². The summed E-state index contributed by atoms with van der Waals surface area (Å²) in [5, 5.41) is 18.9. The van der Waals surface area contributed by atoms with Crippen LogP contribution in [0.15, 0.2) is 65.6 Å². The number of hydrogen-bond donors (Lipinski definition) is 1. The van der Waals surface area contributed by atoms with Crippen molar-refractivity contribution in [2.24, 2.45) is 0 Å². The fourth-order valence-electron chi connectivity index (χ4n) is 3.27. The van der Waals surface area contributed by atoms with Crippen LogP contribution in [0, 0.1) is 11.3 Å². The monoisotopic (exact) mass is 508 g/mol. The highest BCUT2D eigenvalue weighted by Crippen LogP contribution is 2.33. The molecule has 0 fully saturated rings. The summed E-state index contributed by atoms with van der Waals surface area (Å²) in [5.41, 5.74) is 2.90. The van der Waals surface area contributed by atoms with E-state index in [2.05, 4.69) is 23.2 Å². The Balaban J connectivity index is 1.61. The van der Waals surface area contributed by atoms with Crippen molar-refractivity contribution in [3.8, 4) is 17.6 Å². The standard InChI is InChI=1S/C27H25ClN2O4S/c1-33-22-11-8-19(9-12-22)5-2-3-16-34-25-14-10-21(30-24(25)13-15-26(31)32)18-35-27-20(17-29)6-4-7-23(27)28/h4,6-15H,2-3,5,16,18H2,1H3,(H,31,32). The zero-order valence-corrected chi connectivity index (χ0v) is 20.8. The van der Waals surface area contributed by atoms with Crippen LogP contribution in [0.4, 0.5) is 0 Å². The van der Waals surface area contributed by atoms with Crippen LogP contribution in [0.2, 0.25) is 5.02 Å². The first kappa shape index (κ1) is 26.1. The number of carboxylic acid groups (broad SMARTS) is 1. The molecule has 180 valence electrons. The van der Waals surface area contributed by atoms with Gasteiger partial charge in [0.2, 0.25) is 0 Å². The second-order valence-corrected chi connectivity index (χ2v) is 8.92. The zero-order chi connectivity index (χ0) is 25.0. The number of nitriles is 1. The lowest BCUT2D eigenvalue weighted by Crippen LogP contribution is -2.02. The Hall–Kier alpha value is -3.47. The van der Waals surface area contributed by atoms with Crippen LogP contribution in [-0.4, -0.2) is 29.8 Å². The molecule has 0 aliphatic carbocycles. The van der Waals surface area contributed by atoms with Gasteiger partial charge in [0.05, 0.1) is 30.0 Å². The predicted molar refractivity (Wildman–Crippen MR) is 138 cm³/mol. The van der Waals surface area contributed by atoms with Gasteiger partial charge in [0, 0.05) is 16.7 Å². The van der Waals surface area contributed by atoms with Crippen LogP contribution in [0.3, 0.4) is 0 Å². The lowest BCUT2D eigenvalue weighted by molar-refractivity contribution is -0.131. The molecule has 0 atom stereocenters. The van der Waals surface area contributed by atoms with Gasteiger partial charge in [-0.15, -0.1) is 11.8 Å². The number of thioether (sulfide) groups is 1. The predicted octanol–water partition coefficient (Wildman–Crippen LogP) is 6.41. The van der Waals surface area contributed by atoms with E-state index < -0.39 is 5.97 Å². The Labute approximate surface area is 214 Å². The van der Waals surface area contributed by atoms with Gasteiger partial charge < -0.3 is 14.6 Å². The Bertz CT molecular complexity index is 1220.